The van der Waals surface area contributed by atoms with Gasteiger partial charge in [-0.15, -0.1) is 0 Å². The van der Waals surface area contributed by atoms with Crippen molar-refractivity contribution in [3.63, 3.8) is 0 Å². The number of rotatable bonds is 1. The van der Waals surface area contributed by atoms with E-state index in [1.165, 1.54) is 0 Å². The summed E-state index contributed by atoms with van der Waals surface area (Å²) >= 11 is 0. The van der Waals surface area contributed by atoms with E-state index < -0.39 is 0 Å². The Morgan fingerprint density at radius 1 is 1.45 bits per heavy atom. The van der Waals surface area contributed by atoms with Gasteiger partial charge in [-0.05, 0) is 24.6 Å². The summed E-state index contributed by atoms with van der Waals surface area (Å²) in [4.78, 5) is 0. The Bertz CT molecular complexity index is 258. The van der Waals surface area contributed by atoms with Crippen LogP contribution in [0.25, 0.3) is 0 Å². The summed E-state index contributed by atoms with van der Waals surface area (Å²) in [6, 6.07) is 4.95. The average Bonchev–Trinajstić information content (AvgIpc) is 1.94. The molecule has 11 heavy (non-hydrogen) atoms. The van der Waals surface area contributed by atoms with E-state index in [-0.39, 0.29) is 11.8 Å². The lowest BCUT2D eigenvalue weighted by Crippen LogP contribution is -2.05. The summed E-state index contributed by atoms with van der Waals surface area (Å²) in [7, 11) is 0. The van der Waals surface area contributed by atoms with Gasteiger partial charge in [-0.3, -0.25) is 0 Å². The summed E-state index contributed by atoms with van der Waals surface area (Å²) in [5, 5.41) is 9.06. The number of phenolic OH excluding ortho intramolecular Hbond substituents is 1. The second kappa shape index (κ2) is 2.80. The number of aromatic hydroxyl groups is 1. The maximum atomic E-state index is 9.06. The van der Waals surface area contributed by atoms with Crippen LogP contribution in [0, 0.1) is 0 Å². The smallest absolute Gasteiger partial charge is 0.138 e. The Hall–Kier alpha value is -1.22. The standard InChI is InChI=1S/C8H12N2O/c1-5(9)6-2-3-8(11)7(10)4-6/h2-5,11H,9-10H2,1H3/t5-/m0/s1. The van der Waals surface area contributed by atoms with E-state index in [1.54, 1.807) is 18.2 Å². The van der Waals surface area contributed by atoms with Gasteiger partial charge in [0, 0.05) is 6.04 Å². The second-order valence-electron chi connectivity index (χ2n) is 2.61. The SMILES string of the molecule is C[C@H](N)c1ccc(O)c(N)c1. The summed E-state index contributed by atoms with van der Waals surface area (Å²) in [5.41, 5.74) is 12.4. The predicted octanol–water partition coefficient (Wildman–Crippen LogP) is 0.994. The molecule has 0 aliphatic rings. The third-order valence-corrected chi connectivity index (χ3v) is 1.58. The van der Waals surface area contributed by atoms with Gasteiger partial charge >= 0.3 is 0 Å². The molecule has 1 aromatic rings. The van der Waals surface area contributed by atoms with Crippen LogP contribution in [0.1, 0.15) is 18.5 Å². The van der Waals surface area contributed by atoms with Gasteiger partial charge in [0.25, 0.3) is 0 Å². The van der Waals surface area contributed by atoms with Gasteiger partial charge in [0.1, 0.15) is 5.75 Å². The van der Waals surface area contributed by atoms with E-state index in [1.807, 2.05) is 6.92 Å². The third-order valence-electron chi connectivity index (χ3n) is 1.58. The molecule has 1 aromatic carbocycles. The molecule has 0 bridgehead atoms. The summed E-state index contributed by atoms with van der Waals surface area (Å²) in [6.45, 7) is 1.87. The molecule has 0 fully saturated rings. The van der Waals surface area contributed by atoms with Gasteiger partial charge < -0.3 is 16.6 Å². The molecule has 5 N–H and O–H groups in total. The molecule has 0 aliphatic carbocycles. The Labute approximate surface area is 65.6 Å². The Morgan fingerprint density at radius 3 is 2.55 bits per heavy atom. The van der Waals surface area contributed by atoms with E-state index in [0.717, 1.165) is 5.56 Å². The Balaban J connectivity index is 3.05. The van der Waals surface area contributed by atoms with Crippen molar-refractivity contribution in [3.05, 3.63) is 23.8 Å². The molecular formula is C8H12N2O. The summed E-state index contributed by atoms with van der Waals surface area (Å²) < 4.78 is 0. The summed E-state index contributed by atoms with van der Waals surface area (Å²) in [5.74, 6) is 0.106. The maximum Gasteiger partial charge on any atom is 0.138 e. The zero-order chi connectivity index (χ0) is 8.43. The highest BCUT2D eigenvalue weighted by atomic mass is 16.3. The van der Waals surface area contributed by atoms with Gasteiger partial charge in [0.15, 0.2) is 0 Å². The van der Waals surface area contributed by atoms with Crippen LogP contribution >= 0.6 is 0 Å². The number of nitrogens with two attached hydrogens (primary N) is 2. The van der Waals surface area contributed by atoms with Gasteiger partial charge in [-0.2, -0.15) is 0 Å². The zero-order valence-electron chi connectivity index (χ0n) is 6.41. The first-order chi connectivity index (χ1) is 5.11. The molecule has 0 aliphatic heterocycles. The molecule has 0 saturated heterocycles. The van der Waals surface area contributed by atoms with Crippen LogP contribution in [0.5, 0.6) is 5.75 Å². The van der Waals surface area contributed by atoms with E-state index in [2.05, 4.69) is 0 Å². The molecule has 1 rings (SSSR count). The van der Waals surface area contributed by atoms with E-state index in [4.69, 9.17) is 16.6 Å². The second-order valence-corrected chi connectivity index (χ2v) is 2.61. The first-order valence-corrected chi connectivity index (χ1v) is 3.45. The molecule has 3 heteroatoms. The lowest BCUT2D eigenvalue weighted by Gasteiger charge is -2.06. The maximum absolute atomic E-state index is 9.06. The number of hydrogen-bond donors (Lipinski definition) is 3. The quantitative estimate of drug-likeness (QED) is 0.415. The molecule has 0 amide bonds. The third kappa shape index (κ3) is 1.62. The molecule has 0 radical (unpaired) electrons. The first-order valence-electron chi connectivity index (χ1n) is 3.45. The minimum absolute atomic E-state index is 0.0436. The molecule has 0 aromatic heterocycles. The van der Waals surface area contributed by atoms with Gasteiger partial charge in [-0.1, -0.05) is 6.07 Å². The van der Waals surface area contributed by atoms with E-state index in [0.29, 0.717) is 5.69 Å². The van der Waals surface area contributed by atoms with Crippen LogP contribution in [-0.2, 0) is 0 Å². The number of benzene rings is 1. The normalized spacial score (nSPS) is 12.9. The highest BCUT2D eigenvalue weighted by molar-refractivity contribution is 5.53. The topological polar surface area (TPSA) is 72.3 Å². The minimum Gasteiger partial charge on any atom is -0.506 e. The van der Waals surface area contributed by atoms with Crippen molar-refractivity contribution in [2.75, 3.05) is 5.73 Å². The van der Waals surface area contributed by atoms with Crippen LogP contribution < -0.4 is 11.5 Å². The molecule has 0 heterocycles. The zero-order valence-corrected chi connectivity index (χ0v) is 6.41. The van der Waals surface area contributed by atoms with Crippen molar-refractivity contribution in [2.45, 2.75) is 13.0 Å². The molecule has 60 valence electrons. The lowest BCUT2D eigenvalue weighted by molar-refractivity contribution is 0.477. The molecule has 0 spiro atoms. The van der Waals surface area contributed by atoms with Crippen LogP contribution in [0.15, 0.2) is 18.2 Å². The highest BCUT2D eigenvalue weighted by Gasteiger charge is 2.01. The minimum atomic E-state index is -0.0436. The van der Waals surface area contributed by atoms with E-state index in [9.17, 15) is 0 Å². The van der Waals surface area contributed by atoms with Gasteiger partial charge in [0.2, 0.25) is 0 Å². The highest BCUT2D eigenvalue weighted by Crippen LogP contribution is 2.22. The van der Waals surface area contributed by atoms with Gasteiger partial charge in [-0.25, -0.2) is 0 Å². The number of anilines is 1. The molecule has 0 saturated carbocycles. The number of hydrogen-bond acceptors (Lipinski definition) is 3. The molecule has 1 atom stereocenters. The van der Waals surface area contributed by atoms with Crippen molar-refractivity contribution in [1.29, 1.82) is 0 Å². The molecule has 3 nitrogen and oxygen atoms in total. The van der Waals surface area contributed by atoms with Gasteiger partial charge in [0.05, 0.1) is 5.69 Å². The largest absolute Gasteiger partial charge is 0.506 e. The van der Waals surface area contributed by atoms with Crippen molar-refractivity contribution >= 4 is 5.69 Å². The monoisotopic (exact) mass is 152 g/mol. The van der Waals surface area contributed by atoms with Crippen LogP contribution in [0.2, 0.25) is 0 Å². The molecule has 0 unspecified atom stereocenters. The first kappa shape index (κ1) is 7.88. The Kier molecular flexibility index (Phi) is 2.01. The van der Waals surface area contributed by atoms with Crippen molar-refractivity contribution in [3.8, 4) is 5.75 Å². The van der Waals surface area contributed by atoms with Crippen molar-refractivity contribution in [2.24, 2.45) is 5.73 Å². The average molecular weight is 152 g/mol. The van der Waals surface area contributed by atoms with E-state index >= 15 is 0 Å². The molecular weight excluding hydrogens is 140 g/mol. The van der Waals surface area contributed by atoms with Crippen molar-refractivity contribution < 1.29 is 5.11 Å². The lowest BCUT2D eigenvalue weighted by atomic mass is 10.1. The number of phenols is 1. The van der Waals surface area contributed by atoms with Crippen LogP contribution in [0.3, 0.4) is 0 Å². The van der Waals surface area contributed by atoms with Crippen LogP contribution in [0.4, 0.5) is 5.69 Å². The fourth-order valence-electron chi connectivity index (χ4n) is 0.856. The fraction of sp³-hybridized carbons (Fsp3) is 0.250. The number of nitrogen functional groups attached to an aromatic ring is 1. The Morgan fingerprint density at radius 2 is 2.09 bits per heavy atom. The fourth-order valence-corrected chi connectivity index (χ4v) is 0.856. The van der Waals surface area contributed by atoms with Crippen molar-refractivity contribution in [1.82, 2.24) is 0 Å². The predicted molar refractivity (Wildman–Crippen MR) is 45.1 cm³/mol. The van der Waals surface area contributed by atoms with Crippen LogP contribution in [-0.4, -0.2) is 5.11 Å². The summed E-state index contributed by atoms with van der Waals surface area (Å²) in [6.07, 6.45) is 0.